The van der Waals surface area contributed by atoms with Gasteiger partial charge in [-0.05, 0) is 19.4 Å². The first-order chi connectivity index (χ1) is 8.93. The average molecular weight is 243 g/mol. The summed E-state index contributed by atoms with van der Waals surface area (Å²) in [5.41, 5.74) is 1.07. The van der Waals surface area contributed by atoms with Gasteiger partial charge >= 0.3 is 0 Å². The second-order valence-electron chi connectivity index (χ2n) is 4.65. The lowest BCUT2D eigenvalue weighted by molar-refractivity contribution is 0.134. The summed E-state index contributed by atoms with van der Waals surface area (Å²) in [6, 6.07) is 0.373. The molecule has 0 spiro atoms. The molecule has 5 heteroatoms. The number of H-pyrrole nitrogens is 1. The Morgan fingerprint density at radius 3 is 3.00 bits per heavy atom. The van der Waals surface area contributed by atoms with Crippen LogP contribution in [0.15, 0.2) is 31.0 Å². The van der Waals surface area contributed by atoms with Crippen LogP contribution in [0.5, 0.6) is 0 Å². The van der Waals surface area contributed by atoms with Gasteiger partial charge in [0.05, 0.1) is 18.3 Å². The van der Waals surface area contributed by atoms with E-state index in [1.807, 2.05) is 12.4 Å². The standard InChI is InChI=1S/C13H17N5/c1-2-8-18(10-13-16-6-7-17-13)12(3-1)11-9-14-4-5-15-11/h4-7,9,12H,1-3,8,10H2,(H,16,17). The van der Waals surface area contributed by atoms with E-state index in [1.54, 1.807) is 18.6 Å². The molecule has 1 atom stereocenters. The highest BCUT2D eigenvalue weighted by Crippen LogP contribution is 2.29. The SMILES string of the molecule is c1cnc(C2CCCCN2Cc2ncc[nH]2)cn1. The lowest BCUT2D eigenvalue weighted by Gasteiger charge is -2.34. The van der Waals surface area contributed by atoms with Gasteiger partial charge in [-0.3, -0.25) is 14.9 Å². The lowest BCUT2D eigenvalue weighted by Crippen LogP contribution is -2.33. The summed E-state index contributed by atoms with van der Waals surface area (Å²) in [7, 11) is 0. The van der Waals surface area contributed by atoms with Gasteiger partial charge in [0.1, 0.15) is 5.82 Å². The molecule has 1 saturated heterocycles. The zero-order chi connectivity index (χ0) is 12.2. The predicted molar refractivity (Wildman–Crippen MR) is 67.6 cm³/mol. The maximum absolute atomic E-state index is 4.45. The molecule has 3 heterocycles. The molecule has 0 aromatic carbocycles. The maximum Gasteiger partial charge on any atom is 0.120 e. The van der Waals surface area contributed by atoms with Crippen LogP contribution in [-0.2, 0) is 6.54 Å². The molecule has 94 valence electrons. The number of aromatic amines is 1. The minimum Gasteiger partial charge on any atom is -0.348 e. The number of aromatic nitrogens is 4. The van der Waals surface area contributed by atoms with Crippen molar-refractivity contribution in [2.75, 3.05) is 6.54 Å². The van der Waals surface area contributed by atoms with Crippen LogP contribution in [0.3, 0.4) is 0 Å². The Balaban J connectivity index is 1.78. The van der Waals surface area contributed by atoms with Crippen LogP contribution in [-0.4, -0.2) is 31.4 Å². The third-order valence-corrected chi connectivity index (χ3v) is 3.45. The normalized spacial score (nSPS) is 21.0. The first kappa shape index (κ1) is 11.3. The Labute approximate surface area is 106 Å². The number of piperidine rings is 1. The van der Waals surface area contributed by atoms with Gasteiger partial charge in [0.25, 0.3) is 0 Å². The minimum atomic E-state index is 0.373. The van der Waals surface area contributed by atoms with E-state index in [0.29, 0.717) is 6.04 Å². The van der Waals surface area contributed by atoms with Crippen LogP contribution in [0.1, 0.15) is 36.8 Å². The fourth-order valence-corrected chi connectivity index (χ4v) is 2.57. The van der Waals surface area contributed by atoms with Crippen molar-refractivity contribution in [3.8, 4) is 0 Å². The highest BCUT2D eigenvalue weighted by molar-refractivity contribution is 5.04. The number of likely N-dealkylation sites (tertiary alicyclic amines) is 1. The molecule has 1 aliphatic heterocycles. The van der Waals surface area contributed by atoms with Crippen LogP contribution in [0.2, 0.25) is 0 Å². The van der Waals surface area contributed by atoms with Gasteiger partial charge in [0, 0.05) is 31.0 Å². The van der Waals surface area contributed by atoms with E-state index < -0.39 is 0 Å². The molecule has 18 heavy (non-hydrogen) atoms. The van der Waals surface area contributed by atoms with Crippen molar-refractivity contribution < 1.29 is 0 Å². The van der Waals surface area contributed by atoms with Gasteiger partial charge in [-0.1, -0.05) is 6.42 Å². The summed E-state index contributed by atoms with van der Waals surface area (Å²) in [4.78, 5) is 18.5. The average Bonchev–Trinajstić information content (AvgIpc) is 2.93. The molecule has 1 aliphatic rings. The van der Waals surface area contributed by atoms with Crippen molar-refractivity contribution in [1.29, 1.82) is 0 Å². The Kier molecular flexibility index (Phi) is 3.32. The zero-order valence-corrected chi connectivity index (χ0v) is 10.3. The second kappa shape index (κ2) is 5.27. The fourth-order valence-electron chi connectivity index (χ4n) is 2.57. The van der Waals surface area contributed by atoms with Crippen LogP contribution < -0.4 is 0 Å². The topological polar surface area (TPSA) is 57.7 Å². The predicted octanol–water partition coefficient (Wildman–Crippen LogP) is 1.93. The molecule has 1 N–H and O–H groups in total. The van der Waals surface area contributed by atoms with E-state index in [4.69, 9.17) is 0 Å². The molecule has 1 unspecified atom stereocenters. The maximum atomic E-state index is 4.45. The quantitative estimate of drug-likeness (QED) is 0.895. The number of hydrogen-bond donors (Lipinski definition) is 1. The van der Waals surface area contributed by atoms with Gasteiger partial charge in [0.2, 0.25) is 0 Å². The second-order valence-corrected chi connectivity index (χ2v) is 4.65. The van der Waals surface area contributed by atoms with Crippen molar-refractivity contribution >= 4 is 0 Å². The van der Waals surface area contributed by atoms with Gasteiger partial charge < -0.3 is 4.98 Å². The fraction of sp³-hybridized carbons (Fsp3) is 0.462. The first-order valence-corrected chi connectivity index (χ1v) is 6.42. The van der Waals surface area contributed by atoms with Crippen molar-refractivity contribution in [1.82, 2.24) is 24.8 Å². The van der Waals surface area contributed by atoms with Crippen molar-refractivity contribution in [3.05, 3.63) is 42.5 Å². The largest absolute Gasteiger partial charge is 0.348 e. The van der Waals surface area contributed by atoms with Gasteiger partial charge in [0.15, 0.2) is 0 Å². The molecule has 0 bridgehead atoms. The molecule has 0 radical (unpaired) electrons. The zero-order valence-electron chi connectivity index (χ0n) is 10.3. The molecule has 0 amide bonds. The molecule has 3 rings (SSSR count). The molecule has 2 aromatic heterocycles. The van der Waals surface area contributed by atoms with Crippen LogP contribution in [0.25, 0.3) is 0 Å². The minimum absolute atomic E-state index is 0.373. The molecule has 0 saturated carbocycles. The molecule has 1 fully saturated rings. The molecule has 2 aromatic rings. The third-order valence-electron chi connectivity index (χ3n) is 3.45. The number of hydrogen-bond acceptors (Lipinski definition) is 4. The van der Waals surface area contributed by atoms with E-state index in [9.17, 15) is 0 Å². The van der Waals surface area contributed by atoms with Gasteiger partial charge in [-0.15, -0.1) is 0 Å². The lowest BCUT2D eigenvalue weighted by atomic mass is 9.99. The highest BCUT2D eigenvalue weighted by Gasteiger charge is 2.25. The number of imidazole rings is 1. The summed E-state index contributed by atoms with van der Waals surface area (Å²) >= 11 is 0. The first-order valence-electron chi connectivity index (χ1n) is 6.42. The van der Waals surface area contributed by atoms with Crippen LogP contribution >= 0.6 is 0 Å². The third kappa shape index (κ3) is 2.41. The smallest absolute Gasteiger partial charge is 0.120 e. The summed E-state index contributed by atoms with van der Waals surface area (Å²) in [5, 5.41) is 0. The van der Waals surface area contributed by atoms with Crippen molar-refractivity contribution in [3.63, 3.8) is 0 Å². The molecule has 0 aliphatic carbocycles. The highest BCUT2D eigenvalue weighted by atomic mass is 15.2. The Morgan fingerprint density at radius 2 is 2.22 bits per heavy atom. The van der Waals surface area contributed by atoms with Crippen molar-refractivity contribution in [2.24, 2.45) is 0 Å². The summed E-state index contributed by atoms with van der Waals surface area (Å²) in [6.07, 6.45) is 12.7. The van der Waals surface area contributed by atoms with Gasteiger partial charge in [-0.2, -0.15) is 0 Å². The number of nitrogens with zero attached hydrogens (tertiary/aromatic N) is 4. The van der Waals surface area contributed by atoms with E-state index >= 15 is 0 Å². The van der Waals surface area contributed by atoms with E-state index in [1.165, 1.54) is 12.8 Å². The number of rotatable bonds is 3. The summed E-state index contributed by atoms with van der Waals surface area (Å²) in [5.74, 6) is 1.02. The summed E-state index contributed by atoms with van der Waals surface area (Å²) in [6.45, 7) is 1.95. The van der Waals surface area contributed by atoms with Crippen LogP contribution in [0, 0.1) is 0 Å². The van der Waals surface area contributed by atoms with Gasteiger partial charge in [-0.25, -0.2) is 4.98 Å². The van der Waals surface area contributed by atoms with Crippen LogP contribution in [0.4, 0.5) is 0 Å². The Bertz CT molecular complexity index is 467. The van der Waals surface area contributed by atoms with E-state index in [0.717, 1.165) is 31.0 Å². The van der Waals surface area contributed by atoms with Crippen molar-refractivity contribution in [2.45, 2.75) is 31.8 Å². The van der Waals surface area contributed by atoms with E-state index in [-0.39, 0.29) is 0 Å². The summed E-state index contributed by atoms with van der Waals surface area (Å²) < 4.78 is 0. The molecule has 5 nitrogen and oxygen atoms in total. The molecular weight excluding hydrogens is 226 g/mol. The molecular formula is C13H17N5. The monoisotopic (exact) mass is 243 g/mol. The van der Waals surface area contributed by atoms with E-state index in [2.05, 4.69) is 24.8 Å². The Hall–Kier alpha value is -1.75. The number of nitrogens with one attached hydrogen (secondary N) is 1. The Morgan fingerprint density at radius 1 is 1.22 bits per heavy atom.